The van der Waals surface area contributed by atoms with Gasteiger partial charge in [-0.2, -0.15) is 13.9 Å². The van der Waals surface area contributed by atoms with Gasteiger partial charge in [-0.25, -0.2) is 13.4 Å². The van der Waals surface area contributed by atoms with E-state index in [-0.39, 0.29) is 21.0 Å². The lowest BCUT2D eigenvalue weighted by Gasteiger charge is -2.32. The molecule has 0 spiro atoms. The summed E-state index contributed by atoms with van der Waals surface area (Å²) in [5.74, 6) is 0.771. The second-order valence-electron chi connectivity index (χ2n) is 8.04. The van der Waals surface area contributed by atoms with E-state index < -0.39 is 10.0 Å². The maximum Gasteiger partial charge on any atom is 0.243 e. The van der Waals surface area contributed by atoms with Crippen LogP contribution >= 0.6 is 34.8 Å². The highest BCUT2D eigenvalue weighted by molar-refractivity contribution is 7.89. The number of rotatable bonds is 5. The van der Waals surface area contributed by atoms with Gasteiger partial charge in [0.25, 0.3) is 0 Å². The van der Waals surface area contributed by atoms with Gasteiger partial charge in [0.2, 0.25) is 10.0 Å². The maximum atomic E-state index is 13.1. The van der Waals surface area contributed by atoms with Gasteiger partial charge in [0.1, 0.15) is 5.82 Å². The number of sulfonamides is 1. The Balaban J connectivity index is 1.35. The largest absolute Gasteiger partial charge is 0.367 e. The van der Waals surface area contributed by atoms with E-state index in [0.29, 0.717) is 36.6 Å². The monoisotopic (exact) mass is 535 g/mol. The zero-order valence-electron chi connectivity index (χ0n) is 17.8. The molecule has 1 aliphatic rings. The zero-order chi connectivity index (χ0) is 23.9. The number of nitrogens with one attached hydrogen (secondary N) is 1. The van der Waals surface area contributed by atoms with E-state index in [9.17, 15) is 8.42 Å². The number of fused-ring (bicyclic) bond motifs is 1. The summed E-state index contributed by atoms with van der Waals surface area (Å²) in [7, 11) is -3.68. The van der Waals surface area contributed by atoms with E-state index in [1.165, 1.54) is 22.5 Å². The number of hydrogen-bond acceptors (Lipinski definition) is 5. The van der Waals surface area contributed by atoms with Crippen molar-refractivity contribution >= 4 is 56.3 Å². The molecule has 2 aromatic heterocycles. The number of nitrogens with zero attached hydrogens (tertiary/aromatic N) is 4. The summed E-state index contributed by atoms with van der Waals surface area (Å²) >= 11 is 18.4. The van der Waals surface area contributed by atoms with Crippen LogP contribution in [0.3, 0.4) is 0 Å². The third-order valence-corrected chi connectivity index (χ3v) is 8.43. The molecule has 0 atom stereocenters. The molecule has 4 aromatic rings. The quantitative estimate of drug-likeness (QED) is 0.358. The molecule has 1 N–H and O–H groups in total. The summed E-state index contributed by atoms with van der Waals surface area (Å²) in [6.07, 6.45) is 2.94. The van der Waals surface area contributed by atoms with Gasteiger partial charge < -0.3 is 5.32 Å². The number of aromatic nitrogens is 3. The van der Waals surface area contributed by atoms with Crippen molar-refractivity contribution in [2.24, 2.45) is 0 Å². The van der Waals surface area contributed by atoms with Gasteiger partial charge in [-0.3, -0.25) is 0 Å². The molecular weight excluding hydrogens is 517 g/mol. The highest BCUT2D eigenvalue weighted by Gasteiger charge is 2.30. The molecular formula is C23H20Cl3N5O2S. The van der Waals surface area contributed by atoms with Crippen molar-refractivity contribution in [3.8, 4) is 11.3 Å². The molecule has 0 radical (unpaired) electrons. The Hall–Kier alpha value is -2.36. The summed E-state index contributed by atoms with van der Waals surface area (Å²) in [6, 6.07) is 15.7. The molecule has 0 unspecified atom stereocenters. The molecule has 0 aliphatic carbocycles. The minimum Gasteiger partial charge on any atom is -0.367 e. The smallest absolute Gasteiger partial charge is 0.243 e. The molecule has 1 saturated heterocycles. The minimum atomic E-state index is -3.68. The molecule has 2 aromatic carbocycles. The molecule has 0 bridgehead atoms. The van der Waals surface area contributed by atoms with Crippen LogP contribution in [0, 0.1) is 0 Å². The van der Waals surface area contributed by atoms with Crippen LogP contribution in [0.25, 0.3) is 16.9 Å². The highest BCUT2D eigenvalue weighted by atomic mass is 35.5. The first kappa shape index (κ1) is 23.4. The Morgan fingerprint density at radius 1 is 0.941 bits per heavy atom. The summed E-state index contributed by atoms with van der Waals surface area (Å²) in [4.78, 5) is 4.78. The van der Waals surface area contributed by atoms with E-state index in [1.54, 1.807) is 10.7 Å². The average molecular weight is 537 g/mol. The molecule has 1 aliphatic heterocycles. The topological polar surface area (TPSA) is 79.6 Å². The summed E-state index contributed by atoms with van der Waals surface area (Å²) in [5.41, 5.74) is 2.26. The predicted octanol–water partition coefficient (Wildman–Crippen LogP) is 5.62. The molecule has 7 nitrogen and oxygen atoms in total. The SMILES string of the molecule is O=S(=O)(c1cc(Cl)cc(Cl)c1)N1CCC(Nc2cc(-c3ccccc3Cl)nc3ccnn23)CC1. The van der Waals surface area contributed by atoms with Crippen molar-refractivity contribution in [2.75, 3.05) is 18.4 Å². The van der Waals surface area contributed by atoms with Gasteiger partial charge in [-0.15, -0.1) is 0 Å². The second-order valence-corrected chi connectivity index (χ2v) is 11.3. The fraction of sp³-hybridized carbons (Fsp3) is 0.217. The van der Waals surface area contributed by atoms with Crippen molar-refractivity contribution in [2.45, 2.75) is 23.8 Å². The third kappa shape index (κ3) is 4.61. The predicted molar refractivity (Wildman–Crippen MR) is 135 cm³/mol. The Labute approximate surface area is 212 Å². The highest BCUT2D eigenvalue weighted by Crippen LogP contribution is 2.30. The lowest BCUT2D eigenvalue weighted by molar-refractivity contribution is 0.329. The molecule has 1 fully saturated rings. The van der Waals surface area contributed by atoms with Crippen LogP contribution in [0.2, 0.25) is 15.1 Å². The van der Waals surface area contributed by atoms with Crippen molar-refractivity contribution in [3.63, 3.8) is 0 Å². The van der Waals surface area contributed by atoms with Crippen LogP contribution in [-0.2, 0) is 10.0 Å². The number of halogens is 3. The van der Waals surface area contributed by atoms with Crippen LogP contribution in [0.4, 0.5) is 5.82 Å². The van der Waals surface area contributed by atoms with Crippen LogP contribution in [-0.4, -0.2) is 46.5 Å². The van der Waals surface area contributed by atoms with Crippen molar-refractivity contribution in [1.29, 1.82) is 0 Å². The number of anilines is 1. The first-order valence-electron chi connectivity index (χ1n) is 10.6. The maximum absolute atomic E-state index is 13.1. The molecule has 11 heteroatoms. The Bertz CT molecular complexity index is 1450. The summed E-state index contributed by atoms with van der Waals surface area (Å²) in [6.45, 7) is 0.740. The standard InChI is InChI=1S/C23H20Cl3N5O2S/c24-15-11-16(25)13-18(12-15)34(32,33)30-9-6-17(7-10-30)28-23-14-21(19-3-1-2-4-20(19)26)29-22-5-8-27-31(22)23/h1-5,8,11-14,17,28H,6-7,9-10H2. The molecule has 176 valence electrons. The van der Waals surface area contributed by atoms with Gasteiger partial charge >= 0.3 is 0 Å². The third-order valence-electron chi connectivity index (χ3n) is 5.79. The Kier molecular flexibility index (Phi) is 6.43. The molecule has 0 amide bonds. The van der Waals surface area contributed by atoms with Gasteiger partial charge in [-0.1, -0.05) is 53.0 Å². The molecule has 34 heavy (non-hydrogen) atoms. The van der Waals surface area contributed by atoms with Crippen molar-refractivity contribution in [3.05, 3.63) is 75.9 Å². The molecule has 3 heterocycles. The van der Waals surface area contributed by atoms with Crippen LogP contribution in [0.15, 0.2) is 65.7 Å². The van der Waals surface area contributed by atoms with Gasteiger partial charge in [0.05, 0.1) is 16.8 Å². The lowest BCUT2D eigenvalue weighted by atomic mass is 10.1. The van der Waals surface area contributed by atoms with E-state index in [1.807, 2.05) is 36.4 Å². The van der Waals surface area contributed by atoms with Crippen LogP contribution < -0.4 is 5.32 Å². The molecule has 0 saturated carbocycles. The number of benzene rings is 2. The zero-order valence-corrected chi connectivity index (χ0v) is 20.9. The van der Waals surface area contributed by atoms with Crippen LogP contribution in [0.5, 0.6) is 0 Å². The minimum absolute atomic E-state index is 0.0586. The average Bonchev–Trinajstić information content (AvgIpc) is 3.28. The lowest BCUT2D eigenvalue weighted by Crippen LogP contribution is -2.42. The van der Waals surface area contributed by atoms with Gasteiger partial charge in [0.15, 0.2) is 5.65 Å². The summed E-state index contributed by atoms with van der Waals surface area (Å²) in [5, 5.41) is 9.10. The Morgan fingerprint density at radius 2 is 1.65 bits per heavy atom. The fourth-order valence-electron chi connectivity index (χ4n) is 4.10. The second kappa shape index (κ2) is 9.36. The first-order chi connectivity index (χ1) is 16.3. The van der Waals surface area contributed by atoms with E-state index in [4.69, 9.17) is 34.8 Å². The van der Waals surface area contributed by atoms with E-state index in [0.717, 1.165) is 17.1 Å². The number of hydrogen-bond donors (Lipinski definition) is 1. The van der Waals surface area contributed by atoms with Gasteiger partial charge in [-0.05, 0) is 37.1 Å². The Morgan fingerprint density at radius 3 is 2.35 bits per heavy atom. The first-order valence-corrected chi connectivity index (χ1v) is 13.2. The van der Waals surface area contributed by atoms with Crippen molar-refractivity contribution < 1.29 is 8.42 Å². The van der Waals surface area contributed by atoms with Crippen molar-refractivity contribution in [1.82, 2.24) is 18.9 Å². The van der Waals surface area contributed by atoms with E-state index in [2.05, 4.69) is 15.4 Å². The molecule has 5 rings (SSSR count). The van der Waals surface area contributed by atoms with Gasteiger partial charge in [0, 0.05) is 51.9 Å². The van der Waals surface area contributed by atoms with E-state index >= 15 is 0 Å². The summed E-state index contributed by atoms with van der Waals surface area (Å²) < 4.78 is 29.4. The normalized spacial score (nSPS) is 15.6. The number of piperidine rings is 1. The fourth-order valence-corrected chi connectivity index (χ4v) is 6.53. The van der Waals surface area contributed by atoms with Crippen LogP contribution in [0.1, 0.15) is 12.8 Å².